The van der Waals surface area contributed by atoms with Crippen LogP contribution < -0.4 is 15.8 Å². The van der Waals surface area contributed by atoms with E-state index >= 15 is 0 Å². The van der Waals surface area contributed by atoms with Crippen molar-refractivity contribution in [2.75, 3.05) is 11.1 Å². The van der Waals surface area contributed by atoms with E-state index in [4.69, 9.17) is 14.9 Å². The third kappa shape index (κ3) is 3.91. The summed E-state index contributed by atoms with van der Waals surface area (Å²) >= 11 is 0. The van der Waals surface area contributed by atoms with Crippen molar-refractivity contribution in [1.82, 2.24) is 4.98 Å². The second kappa shape index (κ2) is 6.32. The Hall–Kier alpha value is -2.17. The SMILES string of the molecule is CCc1cnc(CNc2cc(N)cc(OC(C)C)c2)o1. The maximum atomic E-state index is 5.87. The molecule has 1 aromatic heterocycles. The molecule has 0 unspecified atom stereocenters. The molecule has 0 aliphatic carbocycles. The lowest BCUT2D eigenvalue weighted by Crippen LogP contribution is -2.07. The number of hydrogen-bond acceptors (Lipinski definition) is 5. The number of rotatable bonds is 6. The van der Waals surface area contributed by atoms with Gasteiger partial charge in [-0.1, -0.05) is 6.92 Å². The van der Waals surface area contributed by atoms with Crippen LogP contribution in [0, 0.1) is 0 Å². The summed E-state index contributed by atoms with van der Waals surface area (Å²) in [5.74, 6) is 2.30. The van der Waals surface area contributed by atoms with Crippen LogP contribution in [0.25, 0.3) is 0 Å². The van der Waals surface area contributed by atoms with Gasteiger partial charge in [-0.3, -0.25) is 0 Å². The fourth-order valence-corrected chi connectivity index (χ4v) is 1.84. The Kier molecular flexibility index (Phi) is 4.50. The van der Waals surface area contributed by atoms with Gasteiger partial charge in [-0.2, -0.15) is 0 Å². The monoisotopic (exact) mass is 275 g/mol. The standard InChI is InChI=1S/C15H21N3O2/c1-4-13-8-18-15(20-13)9-17-12-5-11(16)6-14(7-12)19-10(2)3/h5-8,10,17H,4,9,16H2,1-3H3. The number of nitrogens with one attached hydrogen (secondary N) is 1. The summed E-state index contributed by atoms with van der Waals surface area (Å²) in [5, 5.41) is 3.24. The summed E-state index contributed by atoms with van der Waals surface area (Å²) < 4.78 is 11.2. The molecular formula is C15H21N3O2. The van der Waals surface area contributed by atoms with Crippen molar-refractivity contribution in [2.24, 2.45) is 0 Å². The van der Waals surface area contributed by atoms with Gasteiger partial charge in [0.25, 0.3) is 0 Å². The van der Waals surface area contributed by atoms with Crippen LogP contribution in [0.15, 0.2) is 28.8 Å². The highest BCUT2D eigenvalue weighted by Crippen LogP contribution is 2.24. The molecule has 0 amide bonds. The molecule has 1 aromatic carbocycles. The molecule has 0 fully saturated rings. The fourth-order valence-electron chi connectivity index (χ4n) is 1.84. The lowest BCUT2D eigenvalue weighted by molar-refractivity contribution is 0.242. The first-order valence-electron chi connectivity index (χ1n) is 6.81. The highest BCUT2D eigenvalue weighted by atomic mass is 16.5. The lowest BCUT2D eigenvalue weighted by atomic mass is 10.2. The van der Waals surface area contributed by atoms with Gasteiger partial charge in [-0.25, -0.2) is 4.98 Å². The Morgan fingerprint density at radius 3 is 2.80 bits per heavy atom. The molecule has 5 nitrogen and oxygen atoms in total. The van der Waals surface area contributed by atoms with Gasteiger partial charge in [0.05, 0.1) is 18.8 Å². The summed E-state index contributed by atoms with van der Waals surface area (Å²) in [6.07, 6.45) is 2.71. The molecule has 0 radical (unpaired) electrons. The molecule has 3 N–H and O–H groups in total. The van der Waals surface area contributed by atoms with Gasteiger partial charge in [0.15, 0.2) is 0 Å². The first kappa shape index (κ1) is 14.2. The van der Waals surface area contributed by atoms with Gasteiger partial charge < -0.3 is 20.2 Å². The summed E-state index contributed by atoms with van der Waals surface area (Å²) in [4.78, 5) is 4.20. The molecule has 0 spiro atoms. The third-order valence-electron chi connectivity index (χ3n) is 2.69. The number of hydrogen-bond donors (Lipinski definition) is 2. The highest BCUT2D eigenvalue weighted by molar-refractivity contribution is 5.59. The van der Waals surface area contributed by atoms with E-state index in [2.05, 4.69) is 10.3 Å². The Morgan fingerprint density at radius 2 is 2.15 bits per heavy atom. The van der Waals surface area contributed by atoms with Crippen molar-refractivity contribution < 1.29 is 9.15 Å². The summed E-state index contributed by atoms with van der Waals surface area (Å²) in [7, 11) is 0. The van der Waals surface area contributed by atoms with Crippen LogP contribution in [0.1, 0.15) is 32.4 Å². The topological polar surface area (TPSA) is 73.3 Å². The maximum Gasteiger partial charge on any atom is 0.213 e. The van der Waals surface area contributed by atoms with Crippen LogP contribution >= 0.6 is 0 Å². The number of nitrogen functional groups attached to an aromatic ring is 1. The highest BCUT2D eigenvalue weighted by Gasteiger charge is 2.05. The number of ether oxygens (including phenoxy) is 1. The Balaban J connectivity index is 2.03. The molecule has 108 valence electrons. The molecule has 2 rings (SSSR count). The molecule has 0 atom stereocenters. The molecule has 0 bridgehead atoms. The Labute approximate surface area is 119 Å². The van der Waals surface area contributed by atoms with Gasteiger partial charge in [0, 0.05) is 29.9 Å². The minimum absolute atomic E-state index is 0.114. The molecule has 20 heavy (non-hydrogen) atoms. The molecule has 0 saturated heterocycles. The van der Waals surface area contributed by atoms with Gasteiger partial charge in [-0.05, 0) is 19.9 Å². The minimum Gasteiger partial charge on any atom is -0.491 e. The van der Waals surface area contributed by atoms with Crippen LogP contribution in [0.4, 0.5) is 11.4 Å². The zero-order valence-corrected chi connectivity index (χ0v) is 12.1. The van der Waals surface area contributed by atoms with Crippen LogP contribution in [0.5, 0.6) is 5.75 Å². The average Bonchev–Trinajstić information content (AvgIpc) is 2.83. The first-order valence-corrected chi connectivity index (χ1v) is 6.81. The van der Waals surface area contributed by atoms with E-state index in [1.807, 2.05) is 39.0 Å². The van der Waals surface area contributed by atoms with Gasteiger partial charge in [0.2, 0.25) is 5.89 Å². The molecule has 0 aliphatic rings. The molecule has 1 heterocycles. The second-order valence-electron chi connectivity index (χ2n) is 4.88. The largest absolute Gasteiger partial charge is 0.491 e. The predicted octanol–water partition coefficient (Wildman–Crippen LogP) is 3.22. The van der Waals surface area contributed by atoms with Crippen molar-refractivity contribution in [3.8, 4) is 5.75 Å². The van der Waals surface area contributed by atoms with Gasteiger partial charge in [0.1, 0.15) is 11.5 Å². The zero-order chi connectivity index (χ0) is 14.5. The van der Waals surface area contributed by atoms with Crippen molar-refractivity contribution in [3.05, 3.63) is 36.0 Å². The van der Waals surface area contributed by atoms with Crippen molar-refractivity contribution in [1.29, 1.82) is 0 Å². The van der Waals surface area contributed by atoms with E-state index in [0.717, 1.165) is 23.6 Å². The lowest BCUT2D eigenvalue weighted by Gasteiger charge is -2.12. The number of benzene rings is 1. The minimum atomic E-state index is 0.114. The van der Waals surface area contributed by atoms with Crippen LogP contribution in [-0.4, -0.2) is 11.1 Å². The summed E-state index contributed by atoms with van der Waals surface area (Å²) in [6, 6.07) is 5.59. The number of aryl methyl sites for hydroxylation is 1. The fraction of sp³-hybridized carbons (Fsp3) is 0.400. The summed E-state index contributed by atoms with van der Waals surface area (Å²) in [6.45, 7) is 6.51. The van der Waals surface area contributed by atoms with E-state index in [0.29, 0.717) is 18.1 Å². The summed E-state index contributed by atoms with van der Waals surface area (Å²) in [5.41, 5.74) is 7.42. The van der Waals surface area contributed by atoms with Crippen LogP contribution in [-0.2, 0) is 13.0 Å². The zero-order valence-electron chi connectivity index (χ0n) is 12.1. The predicted molar refractivity (Wildman–Crippen MR) is 79.8 cm³/mol. The molecular weight excluding hydrogens is 254 g/mol. The number of oxazole rings is 1. The van der Waals surface area contributed by atoms with E-state index in [1.54, 1.807) is 6.20 Å². The van der Waals surface area contributed by atoms with Gasteiger partial charge >= 0.3 is 0 Å². The van der Waals surface area contributed by atoms with Gasteiger partial charge in [-0.15, -0.1) is 0 Å². The average molecular weight is 275 g/mol. The number of aromatic nitrogens is 1. The smallest absolute Gasteiger partial charge is 0.213 e. The first-order chi connectivity index (χ1) is 9.56. The van der Waals surface area contributed by atoms with Crippen LogP contribution in [0.3, 0.4) is 0 Å². The van der Waals surface area contributed by atoms with Crippen molar-refractivity contribution in [3.63, 3.8) is 0 Å². The quantitative estimate of drug-likeness (QED) is 0.792. The van der Waals surface area contributed by atoms with Crippen molar-refractivity contribution in [2.45, 2.75) is 39.8 Å². The second-order valence-corrected chi connectivity index (χ2v) is 4.88. The number of anilines is 2. The third-order valence-corrected chi connectivity index (χ3v) is 2.69. The maximum absolute atomic E-state index is 5.87. The van der Waals surface area contributed by atoms with E-state index in [9.17, 15) is 0 Å². The number of nitrogens with two attached hydrogens (primary N) is 1. The normalized spacial score (nSPS) is 10.8. The van der Waals surface area contributed by atoms with Crippen LogP contribution in [0.2, 0.25) is 0 Å². The molecule has 2 aromatic rings. The Morgan fingerprint density at radius 1 is 1.35 bits per heavy atom. The van der Waals surface area contributed by atoms with E-state index in [1.165, 1.54) is 0 Å². The Bertz CT molecular complexity index is 564. The molecule has 0 aliphatic heterocycles. The molecule has 0 saturated carbocycles. The van der Waals surface area contributed by atoms with E-state index < -0.39 is 0 Å². The van der Waals surface area contributed by atoms with E-state index in [-0.39, 0.29) is 6.10 Å². The number of nitrogens with zero attached hydrogens (tertiary/aromatic N) is 1. The van der Waals surface area contributed by atoms with Crippen molar-refractivity contribution >= 4 is 11.4 Å². The molecule has 5 heteroatoms.